The summed E-state index contributed by atoms with van der Waals surface area (Å²) in [6, 6.07) is 13.6. The van der Waals surface area contributed by atoms with Gasteiger partial charge >= 0.3 is 12.1 Å². The number of benzene rings is 3. The zero-order chi connectivity index (χ0) is 26.0. The van der Waals surface area contributed by atoms with Crippen molar-refractivity contribution in [2.75, 3.05) is 0 Å². The first-order valence-electron chi connectivity index (χ1n) is 10.6. The molecule has 184 valence electrons. The van der Waals surface area contributed by atoms with Crippen molar-refractivity contribution in [1.82, 2.24) is 0 Å². The van der Waals surface area contributed by atoms with Crippen molar-refractivity contribution in [3.63, 3.8) is 0 Å². The summed E-state index contributed by atoms with van der Waals surface area (Å²) in [4.78, 5) is 25.1. The number of fused-ring (bicyclic) bond motifs is 1. The Balaban J connectivity index is 1.67. The Morgan fingerprint density at radius 2 is 1.58 bits per heavy atom. The van der Waals surface area contributed by atoms with Gasteiger partial charge < -0.3 is 13.9 Å². The molecule has 4 rings (SSSR count). The molecule has 0 unspecified atom stereocenters. The lowest BCUT2D eigenvalue weighted by atomic mass is 10.1. The average Bonchev–Trinajstić information content (AvgIpc) is 2.79. The van der Waals surface area contributed by atoms with E-state index in [1.54, 1.807) is 19.9 Å². The first-order valence-corrected chi connectivity index (χ1v) is 10.6. The lowest BCUT2D eigenvalue weighted by molar-refractivity contribution is -0.154. The molecule has 0 aliphatic heterocycles. The highest BCUT2D eigenvalue weighted by Gasteiger charge is 2.40. The van der Waals surface area contributed by atoms with E-state index in [-0.39, 0.29) is 16.9 Å². The van der Waals surface area contributed by atoms with Crippen LogP contribution in [0.5, 0.6) is 17.2 Å². The molecule has 9 heteroatoms. The predicted molar refractivity (Wildman–Crippen MR) is 125 cm³/mol. The van der Waals surface area contributed by atoms with E-state index in [2.05, 4.69) is 0 Å². The second-order valence-electron chi connectivity index (χ2n) is 7.98. The first-order chi connectivity index (χ1) is 17.0. The summed E-state index contributed by atoms with van der Waals surface area (Å²) in [6.45, 7) is 3.48. The summed E-state index contributed by atoms with van der Waals surface area (Å²) in [5.74, 6) is -3.97. The lowest BCUT2D eigenvalue weighted by Crippen LogP contribution is -2.15. The van der Waals surface area contributed by atoms with Gasteiger partial charge in [-0.3, -0.25) is 4.79 Å². The standard InChI is InChI=1S/C27H18F4O5/c1-15-11-16(2)13-20(12-15)35-25-24(33)21-9-8-19(14-22(21)36-26(25)27(29,30)31)34-23(32)10-5-17-3-6-18(28)7-4-17/h3-14H,1-2H3/b10-5+. The van der Waals surface area contributed by atoms with Gasteiger partial charge in [0.1, 0.15) is 22.9 Å². The van der Waals surface area contributed by atoms with Crippen molar-refractivity contribution in [1.29, 1.82) is 0 Å². The molecule has 0 atom stereocenters. The largest absolute Gasteiger partial charge is 0.453 e. The van der Waals surface area contributed by atoms with Crippen LogP contribution in [0, 0.1) is 19.7 Å². The molecule has 1 aromatic heterocycles. The van der Waals surface area contributed by atoms with E-state index >= 15 is 0 Å². The third-order valence-electron chi connectivity index (χ3n) is 5.00. The summed E-state index contributed by atoms with van der Waals surface area (Å²) >= 11 is 0. The van der Waals surface area contributed by atoms with Crippen LogP contribution in [-0.4, -0.2) is 5.97 Å². The lowest BCUT2D eigenvalue weighted by Gasteiger charge is -2.14. The molecule has 0 saturated heterocycles. The number of hydrogen-bond donors (Lipinski definition) is 0. The van der Waals surface area contributed by atoms with Crippen molar-refractivity contribution >= 4 is 23.0 Å². The monoisotopic (exact) mass is 498 g/mol. The molecule has 0 N–H and O–H groups in total. The second-order valence-corrected chi connectivity index (χ2v) is 7.98. The zero-order valence-electron chi connectivity index (χ0n) is 19.0. The molecule has 0 fully saturated rings. The predicted octanol–water partition coefficient (Wildman–Crippen LogP) is 6.98. The quantitative estimate of drug-likeness (QED) is 0.129. The number of aryl methyl sites for hydroxylation is 2. The number of halogens is 4. The Hall–Kier alpha value is -4.40. The van der Waals surface area contributed by atoms with Gasteiger partial charge in [0.2, 0.25) is 11.2 Å². The Labute approximate surface area is 202 Å². The highest BCUT2D eigenvalue weighted by Crippen LogP contribution is 2.39. The first kappa shape index (κ1) is 24.7. The maximum Gasteiger partial charge on any atom is 0.453 e. The molecule has 0 bridgehead atoms. The summed E-state index contributed by atoms with van der Waals surface area (Å²) in [7, 11) is 0. The maximum absolute atomic E-state index is 13.8. The number of esters is 1. The number of carbonyl (C=O) groups excluding carboxylic acids is 1. The summed E-state index contributed by atoms with van der Waals surface area (Å²) in [5, 5.41) is -0.191. The van der Waals surface area contributed by atoms with Crippen LogP contribution >= 0.6 is 0 Å². The van der Waals surface area contributed by atoms with Gasteiger partial charge in [-0.05, 0) is 73.0 Å². The van der Waals surface area contributed by atoms with E-state index in [1.165, 1.54) is 54.6 Å². The Morgan fingerprint density at radius 1 is 0.917 bits per heavy atom. The molecule has 3 aromatic carbocycles. The molecule has 5 nitrogen and oxygen atoms in total. The zero-order valence-corrected chi connectivity index (χ0v) is 19.0. The molecule has 36 heavy (non-hydrogen) atoms. The van der Waals surface area contributed by atoms with Crippen LogP contribution in [0.15, 0.2) is 76.0 Å². The average molecular weight is 498 g/mol. The molecule has 0 saturated carbocycles. The van der Waals surface area contributed by atoms with Crippen LogP contribution < -0.4 is 14.9 Å². The van der Waals surface area contributed by atoms with Crippen LogP contribution in [0.25, 0.3) is 17.0 Å². The van der Waals surface area contributed by atoms with Crippen LogP contribution in [0.2, 0.25) is 0 Å². The fourth-order valence-electron chi connectivity index (χ4n) is 3.50. The van der Waals surface area contributed by atoms with Gasteiger partial charge in [-0.25, -0.2) is 9.18 Å². The van der Waals surface area contributed by atoms with Crippen molar-refractivity contribution in [2.24, 2.45) is 0 Å². The highest BCUT2D eigenvalue weighted by atomic mass is 19.4. The second kappa shape index (κ2) is 9.69. The molecular weight excluding hydrogens is 480 g/mol. The third-order valence-corrected chi connectivity index (χ3v) is 5.00. The van der Waals surface area contributed by atoms with E-state index in [9.17, 15) is 27.2 Å². The van der Waals surface area contributed by atoms with Gasteiger partial charge in [0.05, 0.1) is 5.39 Å². The van der Waals surface area contributed by atoms with Gasteiger partial charge in [-0.2, -0.15) is 13.2 Å². The Morgan fingerprint density at radius 3 is 2.22 bits per heavy atom. The molecular formula is C27H18F4O5. The van der Waals surface area contributed by atoms with Gasteiger partial charge in [-0.1, -0.05) is 18.2 Å². The molecule has 0 radical (unpaired) electrons. The van der Waals surface area contributed by atoms with Crippen LogP contribution in [0.4, 0.5) is 17.6 Å². The van der Waals surface area contributed by atoms with E-state index < -0.39 is 40.5 Å². The van der Waals surface area contributed by atoms with E-state index in [0.717, 1.165) is 23.3 Å². The van der Waals surface area contributed by atoms with Gasteiger partial charge in [-0.15, -0.1) is 0 Å². The van der Waals surface area contributed by atoms with Gasteiger partial charge in [0.15, 0.2) is 0 Å². The normalized spacial score (nSPS) is 11.7. The minimum absolute atomic E-state index is 0.0585. The molecule has 1 heterocycles. The van der Waals surface area contributed by atoms with Gasteiger partial charge in [0, 0.05) is 12.1 Å². The maximum atomic E-state index is 13.8. The number of hydrogen-bond acceptors (Lipinski definition) is 5. The van der Waals surface area contributed by atoms with Crippen molar-refractivity contribution in [3.8, 4) is 17.2 Å². The molecule has 0 spiro atoms. The number of ether oxygens (including phenoxy) is 2. The Bertz CT molecular complexity index is 1510. The molecule has 0 aliphatic carbocycles. The fraction of sp³-hybridized carbons (Fsp3) is 0.111. The number of carbonyl (C=O) groups is 1. The van der Waals surface area contributed by atoms with Gasteiger partial charge in [0.25, 0.3) is 5.76 Å². The topological polar surface area (TPSA) is 65.7 Å². The minimum atomic E-state index is -5.04. The summed E-state index contributed by atoms with van der Waals surface area (Å²) in [6.07, 6.45) is -2.59. The number of rotatable bonds is 5. The van der Waals surface area contributed by atoms with Crippen molar-refractivity contribution in [3.05, 3.63) is 105 Å². The van der Waals surface area contributed by atoms with E-state index in [0.29, 0.717) is 5.56 Å². The van der Waals surface area contributed by atoms with Crippen molar-refractivity contribution in [2.45, 2.75) is 20.0 Å². The van der Waals surface area contributed by atoms with Crippen LogP contribution in [0.1, 0.15) is 22.5 Å². The summed E-state index contributed by atoms with van der Waals surface area (Å²) < 4.78 is 69.8. The van der Waals surface area contributed by atoms with Crippen LogP contribution in [0.3, 0.4) is 0 Å². The summed E-state index contributed by atoms with van der Waals surface area (Å²) in [5.41, 5.74) is 0.543. The van der Waals surface area contributed by atoms with Crippen molar-refractivity contribution < 1.29 is 36.2 Å². The van der Waals surface area contributed by atoms with E-state index in [1.807, 2.05) is 0 Å². The molecule has 0 amide bonds. The molecule has 0 aliphatic rings. The third kappa shape index (κ3) is 5.63. The smallest absolute Gasteiger partial charge is 0.449 e. The Kier molecular flexibility index (Phi) is 6.65. The van der Waals surface area contributed by atoms with Crippen LogP contribution in [-0.2, 0) is 11.0 Å². The number of alkyl halides is 3. The SMILES string of the molecule is Cc1cc(C)cc(Oc2c(C(F)(F)F)oc3cc(OC(=O)/C=C/c4ccc(F)cc4)ccc3c2=O)c1. The molecule has 4 aromatic rings. The van der Waals surface area contributed by atoms with E-state index in [4.69, 9.17) is 13.9 Å². The highest BCUT2D eigenvalue weighted by molar-refractivity contribution is 5.89. The minimum Gasteiger partial charge on any atom is -0.449 e. The fourth-order valence-corrected chi connectivity index (χ4v) is 3.50.